The highest BCUT2D eigenvalue weighted by Crippen LogP contribution is 2.21. The summed E-state index contributed by atoms with van der Waals surface area (Å²) in [6, 6.07) is 1.22. The lowest BCUT2D eigenvalue weighted by Crippen LogP contribution is -2.46. The first kappa shape index (κ1) is 24.2. The Morgan fingerprint density at radius 2 is 2.00 bits per heavy atom. The van der Waals surface area contributed by atoms with Crippen molar-refractivity contribution in [3.63, 3.8) is 0 Å². The number of furan rings is 1. The van der Waals surface area contributed by atoms with Crippen molar-refractivity contribution >= 4 is 40.8 Å². The molecule has 1 aromatic rings. The minimum Gasteiger partial charge on any atom is -0.463 e. The van der Waals surface area contributed by atoms with Gasteiger partial charge in [0.2, 0.25) is 15.8 Å². The first-order valence-corrected chi connectivity index (χ1v) is 9.10. The van der Waals surface area contributed by atoms with Crippen LogP contribution >= 0.6 is 24.8 Å². The molecule has 0 bridgehead atoms. The van der Waals surface area contributed by atoms with E-state index in [0.29, 0.717) is 19.5 Å². The molecule has 146 valence electrons. The Labute approximate surface area is 160 Å². The van der Waals surface area contributed by atoms with Gasteiger partial charge in [0.1, 0.15) is 10.7 Å². The van der Waals surface area contributed by atoms with Crippen LogP contribution in [0.25, 0.3) is 0 Å². The number of carbonyl (C=O) groups is 1. The number of nitrogens with zero attached hydrogens (tertiary/aromatic N) is 1. The summed E-state index contributed by atoms with van der Waals surface area (Å²) in [7, 11) is -2.50. The molecular formula is C14H25Cl2N3O5S. The van der Waals surface area contributed by atoms with Crippen LogP contribution in [-0.2, 0) is 21.2 Å². The zero-order valence-corrected chi connectivity index (χ0v) is 16.7. The number of nitrogens with one attached hydrogen (secondary N) is 2. The summed E-state index contributed by atoms with van der Waals surface area (Å²) < 4.78 is 37.3. The number of ether oxygens (including phenoxy) is 1. The normalized spacial score (nSPS) is 15.1. The second-order valence-electron chi connectivity index (χ2n) is 5.23. The Morgan fingerprint density at radius 3 is 2.56 bits per heavy atom. The lowest BCUT2D eigenvalue weighted by molar-refractivity contribution is 0.0563. The van der Waals surface area contributed by atoms with E-state index < -0.39 is 16.0 Å². The van der Waals surface area contributed by atoms with Crippen molar-refractivity contribution in [3.8, 4) is 0 Å². The van der Waals surface area contributed by atoms with Crippen LogP contribution in [-0.4, -0.2) is 65.7 Å². The van der Waals surface area contributed by atoms with E-state index in [2.05, 4.69) is 19.7 Å². The number of carbonyl (C=O) groups excluding carboxylic acids is 1. The van der Waals surface area contributed by atoms with Gasteiger partial charge in [-0.05, 0) is 0 Å². The van der Waals surface area contributed by atoms with E-state index in [4.69, 9.17) is 4.42 Å². The average molecular weight is 418 g/mol. The molecule has 8 nitrogen and oxygen atoms in total. The number of rotatable bonds is 7. The van der Waals surface area contributed by atoms with Crippen molar-refractivity contribution < 1.29 is 22.4 Å². The van der Waals surface area contributed by atoms with Crippen molar-refractivity contribution in [1.82, 2.24) is 14.9 Å². The fraction of sp³-hybridized carbons (Fsp3) is 0.643. The van der Waals surface area contributed by atoms with Gasteiger partial charge < -0.3 is 14.5 Å². The van der Waals surface area contributed by atoms with E-state index >= 15 is 0 Å². The smallest absolute Gasteiger partial charge is 0.373 e. The monoisotopic (exact) mass is 417 g/mol. The van der Waals surface area contributed by atoms with E-state index in [1.165, 1.54) is 13.2 Å². The number of esters is 1. The molecular weight excluding hydrogens is 393 g/mol. The van der Waals surface area contributed by atoms with Crippen LogP contribution in [0.1, 0.15) is 23.2 Å². The van der Waals surface area contributed by atoms with Gasteiger partial charge in [-0.3, -0.25) is 4.90 Å². The Morgan fingerprint density at radius 1 is 1.36 bits per heavy atom. The van der Waals surface area contributed by atoms with Gasteiger partial charge in [-0.15, -0.1) is 24.8 Å². The number of halogens is 2. The molecule has 0 saturated carbocycles. The maximum absolute atomic E-state index is 12.4. The van der Waals surface area contributed by atoms with Gasteiger partial charge >= 0.3 is 5.97 Å². The molecule has 0 atom stereocenters. The molecule has 1 saturated heterocycles. The molecule has 1 aromatic heterocycles. The molecule has 0 spiro atoms. The van der Waals surface area contributed by atoms with E-state index in [1.807, 2.05) is 0 Å². The Bertz CT molecular complexity index is 645. The van der Waals surface area contributed by atoms with Crippen molar-refractivity contribution in [3.05, 3.63) is 17.6 Å². The lowest BCUT2D eigenvalue weighted by atomic mass is 10.3. The predicted octanol–water partition coefficient (Wildman–Crippen LogP) is 0.656. The molecule has 0 aliphatic carbocycles. The topological polar surface area (TPSA) is 101 Å². The van der Waals surface area contributed by atoms with Crippen LogP contribution < -0.4 is 10.0 Å². The standard InChI is InChI=1S/C14H23N3O5S.2ClH/c1-3-11-13(10-12(22-11)14(18)21-2)23(19,20)16-6-9-17-7-4-15-5-8-17;;/h10,15-16H,3-9H2,1-2H3;2*1H. The second-order valence-corrected chi connectivity index (χ2v) is 6.97. The molecule has 0 amide bonds. The third-order valence-electron chi connectivity index (χ3n) is 3.70. The predicted molar refractivity (Wildman–Crippen MR) is 98.4 cm³/mol. The number of hydrogen-bond donors (Lipinski definition) is 2. The van der Waals surface area contributed by atoms with Gasteiger partial charge in [0.25, 0.3) is 0 Å². The largest absolute Gasteiger partial charge is 0.463 e. The molecule has 2 rings (SSSR count). The number of methoxy groups -OCH3 is 1. The minimum absolute atomic E-state index is 0. The van der Waals surface area contributed by atoms with E-state index in [1.54, 1.807) is 6.92 Å². The third-order valence-corrected chi connectivity index (χ3v) is 5.21. The summed E-state index contributed by atoms with van der Waals surface area (Å²) in [6.07, 6.45) is 0.366. The highest BCUT2D eigenvalue weighted by Gasteiger charge is 2.25. The molecule has 2 heterocycles. The molecule has 0 radical (unpaired) electrons. The second kappa shape index (κ2) is 11.0. The zero-order chi connectivity index (χ0) is 16.9. The van der Waals surface area contributed by atoms with Crippen molar-refractivity contribution in [2.45, 2.75) is 18.2 Å². The summed E-state index contributed by atoms with van der Waals surface area (Å²) in [5.74, 6) is -0.547. The maximum Gasteiger partial charge on any atom is 0.373 e. The number of hydrogen-bond acceptors (Lipinski definition) is 7. The number of aryl methyl sites for hydroxylation is 1. The molecule has 0 aromatic carbocycles. The number of piperazine rings is 1. The Balaban J connectivity index is 0.00000288. The Hall–Kier alpha value is -0.840. The van der Waals surface area contributed by atoms with Gasteiger partial charge in [-0.1, -0.05) is 6.92 Å². The minimum atomic E-state index is -3.72. The van der Waals surface area contributed by atoms with Gasteiger partial charge in [0, 0.05) is 51.8 Å². The van der Waals surface area contributed by atoms with Crippen LogP contribution in [0.3, 0.4) is 0 Å². The molecule has 0 unspecified atom stereocenters. The summed E-state index contributed by atoms with van der Waals surface area (Å²) in [5.41, 5.74) is 0. The van der Waals surface area contributed by atoms with E-state index in [9.17, 15) is 13.2 Å². The van der Waals surface area contributed by atoms with Gasteiger partial charge in [-0.25, -0.2) is 17.9 Å². The van der Waals surface area contributed by atoms with Crippen molar-refractivity contribution in [2.75, 3.05) is 46.4 Å². The first-order chi connectivity index (χ1) is 11.0. The molecule has 25 heavy (non-hydrogen) atoms. The molecule has 1 aliphatic rings. The quantitative estimate of drug-likeness (QED) is 0.628. The highest BCUT2D eigenvalue weighted by atomic mass is 35.5. The summed E-state index contributed by atoms with van der Waals surface area (Å²) in [4.78, 5) is 13.7. The van der Waals surface area contributed by atoms with Crippen LogP contribution in [0.15, 0.2) is 15.4 Å². The SMILES string of the molecule is CCc1oc(C(=O)OC)cc1S(=O)(=O)NCCN1CCNCC1.Cl.Cl. The molecule has 11 heteroatoms. The summed E-state index contributed by atoms with van der Waals surface area (Å²) in [5, 5.41) is 3.24. The van der Waals surface area contributed by atoms with Crippen LogP contribution in [0.4, 0.5) is 0 Å². The van der Waals surface area contributed by atoms with Gasteiger partial charge in [0.05, 0.1) is 7.11 Å². The van der Waals surface area contributed by atoms with E-state index in [-0.39, 0.29) is 41.2 Å². The van der Waals surface area contributed by atoms with Gasteiger partial charge in [0.15, 0.2) is 0 Å². The summed E-state index contributed by atoms with van der Waals surface area (Å²) in [6.45, 7) is 6.35. The van der Waals surface area contributed by atoms with Crippen molar-refractivity contribution in [1.29, 1.82) is 0 Å². The molecule has 1 aliphatic heterocycles. The van der Waals surface area contributed by atoms with Gasteiger partial charge in [-0.2, -0.15) is 0 Å². The number of sulfonamides is 1. The fourth-order valence-electron chi connectivity index (χ4n) is 2.44. The molecule has 1 fully saturated rings. The van der Waals surface area contributed by atoms with E-state index in [0.717, 1.165) is 26.2 Å². The third kappa shape index (κ3) is 6.43. The van der Waals surface area contributed by atoms with Crippen LogP contribution in [0, 0.1) is 0 Å². The fourth-order valence-corrected chi connectivity index (χ4v) is 3.70. The van der Waals surface area contributed by atoms with Crippen molar-refractivity contribution in [2.24, 2.45) is 0 Å². The average Bonchev–Trinajstić information content (AvgIpc) is 3.00. The maximum atomic E-state index is 12.4. The Kier molecular flexibility index (Phi) is 10.6. The van der Waals surface area contributed by atoms with Crippen LogP contribution in [0.5, 0.6) is 0 Å². The zero-order valence-electron chi connectivity index (χ0n) is 14.2. The lowest BCUT2D eigenvalue weighted by Gasteiger charge is -2.27. The first-order valence-electron chi connectivity index (χ1n) is 7.61. The summed E-state index contributed by atoms with van der Waals surface area (Å²) >= 11 is 0. The van der Waals surface area contributed by atoms with Crippen LogP contribution in [0.2, 0.25) is 0 Å². The highest BCUT2D eigenvalue weighted by molar-refractivity contribution is 7.89. The molecule has 2 N–H and O–H groups in total.